The Hall–Kier alpha value is -1.29. The molecule has 2 aromatic rings. The summed E-state index contributed by atoms with van der Waals surface area (Å²) >= 11 is 11.9. The topological polar surface area (TPSA) is 48.1 Å². The van der Waals surface area contributed by atoms with Crippen LogP contribution >= 0.6 is 23.2 Å². The molecule has 0 aliphatic heterocycles. The van der Waals surface area contributed by atoms with Gasteiger partial charge >= 0.3 is 0 Å². The van der Waals surface area contributed by atoms with Crippen LogP contribution in [0.4, 0.5) is 0 Å². The van der Waals surface area contributed by atoms with Crippen molar-refractivity contribution in [3.63, 3.8) is 0 Å². The van der Waals surface area contributed by atoms with Crippen LogP contribution in [-0.2, 0) is 6.42 Å². The molecule has 3 nitrogen and oxygen atoms in total. The van der Waals surface area contributed by atoms with Crippen LogP contribution in [-0.4, -0.2) is 12.1 Å². The Morgan fingerprint density at radius 1 is 1.26 bits per heavy atom. The average Bonchev–Trinajstić information content (AvgIpc) is 2.43. The summed E-state index contributed by atoms with van der Waals surface area (Å²) in [6.07, 6.45) is 2.31. The summed E-state index contributed by atoms with van der Waals surface area (Å²) in [6, 6.07) is 9.05. The molecule has 0 radical (unpaired) electrons. The molecule has 0 bridgehead atoms. The quantitative estimate of drug-likeness (QED) is 0.937. The normalized spacial score (nSPS) is 12.2. The maximum Gasteiger partial charge on any atom is 0.217 e. The predicted octanol–water partition coefficient (Wildman–Crippen LogP) is 3.64. The highest BCUT2D eigenvalue weighted by Gasteiger charge is 2.13. The third-order valence-electron chi connectivity index (χ3n) is 2.83. The Kier molecular flexibility index (Phi) is 4.64. The zero-order chi connectivity index (χ0) is 13.8. The lowest BCUT2D eigenvalue weighted by atomic mass is 10.0. The second kappa shape index (κ2) is 6.24. The van der Waals surface area contributed by atoms with Gasteiger partial charge in [-0.05, 0) is 30.2 Å². The summed E-state index contributed by atoms with van der Waals surface area (Å²) in [6.45, 7) is 0. The van der Waals surface area contributed by atoms with Crippen LogP contribution in [0.5, 0.6) is 5.88 Å². The van der Waals surface area contributed by atoms with Gasteiger partial charge in [-0.2, -0.15) is 0 Å². The van der Waals surface area contributed by atoms with E-state index in [1.807, 2.05) is 24.3 Å². The van der Waals surface area contributed by atoms with E-state index in [9.17, 15) is 0 Å². The third-order valence-corrected chi connectivity index (χ3v) is 3.57. The van der Waals surface area contributed by atoms with Crippen LogP contribution in [0, 0.1) is 0 Å². The van der Waals surface area contributed by atoms with Crippen LogP contribution in [0.3, 0.4) is 0 Å². The summed E-state index contributed by atoms with van der Waals surface area (Å²) in [4.78, 5) is 4.14. The summed E-state index contributed by atoms with van der Waals surface area (Å²) in [5, 5.41) is 1.07. The molecular weight excluding hydrogens is 283 g/mol. The van der Waals surface area contributed by atoms with E-state index in [2.05, 4.69) is 4.98 Å². The van der Waals surface area contributed by atoms with Gasteiger partial charge in [-0.1, -0.05) is 35.3 Å². The molecule has 5 heteroatoms. The van der Waals surface area contributed by atoms with E-state index in [-0.39, 0.29) is 6.04 Å². The zero-order valence-electron chi connectivity index (χ0n) is 10.4. The fourth-order valence-corrected chi connectivity index (χ4v) is 2.21. The van der Waals surface area contributed by atoms with E-state index < -0.39 is 0 Å². The smallest absolute Gasteiger partial charge is 0.217 e. The molecule has 1 aromatic carbocycles. The first-order chi connectivity index (χ1) is 9.11. The molecular formula is C14H14Cl2N2O. The number of nitrogens with two attached hydrogens (primary N) is 1. The van der Waals surface area contributed by atoms with E-state index in [4.69, 9.17) is 33.7 Å². The highest BCUT2D eigenvalue weighted by atomic mass is 35.5. The maximum atomic E-state index is 6.20. The first-order valence-electron chi connectivity index (χ1n) is 5.80. The molecule has 0 amide bonds. The Morgan fingerprint density at radius 2 is 2.05 bits per heavy atom. The molecule has 1 aromatic heterocycles. The minimum atomic E-state index is -0.208. The molecule has 2 N–H and O–H groups in total. The lowest BCUT2D eigenvalue weighted by Gasteiger charge is -2.15. The number of benzene rings is 1. The fraction of sp³-hybridized carbons (Fsp3) is 0.214. The molecule has 1 unspecified atom stereocenters. The molecule has 100 valence electrons. The Morgan fingerprint density at radius 3 is 2.74 bits per heavy atom. The van der Waals surface area contributed by atoms with Crippen LogP contribution in [0.2, 0.25) is 10.0 Å². The summed E-state index contributed by atoms with van der Waals surface area (Å²) < 4.78 is 5.21. The Bertz CT molecular complexity index is 575. The van der Waals surface area contributed by atoms with Gasteiger partial charge in [0.25, 0.3) is 0 Å². The van der Waals surface area contributed by atoms with Crippen molar-refractivity contribution in [2.45, 2.75) is 12.5 Å². The van der Waals surface area contributed by atoms with Crippen molar-refractivity contribution in [2.75, 3.05) is 7.11 Å². The molecule has 0 spiro atoms. The third kappa shape index (κ3) is 3.38. The lowest BCUT2D eigenvalue weighted by Crippen LogP contribution is -2.15. The van der Waals surface area contributed by atoms with E-state index in [0.29, 0.717) is 22.3 Å². The van der Waals surface area contributed by atoms with Crippen molar-refractivity contribution in [1.82, 2.24) is 4.98 Å². The van der Waals surface area contributed by atoms with Crippen molar-refractivity contribution < 1.29 is 4.74 Å². The van der Waals surface area contributed by atoms with Crippen molar-refractivity contribution in [3.05, 3.63) is 57.7 Å². The van der Waals surface area contributed by atoms with E-state index in [1.54, 1.807) is 19.4 Å². The van der Waals surface area contributed by atoms with Gasteiger partial charge in [0.2, 0.25) is 5.88 Å². The molecule has 0 saturated heterocycles. The van der Waals surface area contributed by atoms with Gasteiger partial charge in [0, 0.05) is 17.8 Å². The van der Waals surface area contributed by atoms with Crippen LogP contribution < -0.4 is 10.5 Å². The molecule has 0 aliphatic carbocycles. The van der Waals surface area contributed by atoms with Gasteiger partial charge < -0.3 is 10.5 Å². The summed E-state index contributed by atoms with van der Waals surface area (Å²) in [5.74, 6) is 0.551. The summed E-state index contributed by atoms with van der Waals surface area (Å²) in [7, 11) is 1.58. The highest BCUT2D eigenvalue weighted by Crippen LogP contribution is 2.27. The number of methoxy groups -OCH3 is 1. The lowest BCUT2D eigenvalue weighted by molar-refractivity contribution is 0.388. The van der Waals surface area contributed by atoms with Crippen LogP contribution in [0.25, 0.3) is 0 Å². The Labute approximate surface area is 122 Å². The van der Waals surface area contributed by atoms with Crippen molar-refractivity contribution in [2.24, 2.45) is 5.73 Å². The zero-order valence-corrected chi connectivity index (χ0v) is 11.9. The minimum Gasteiger partial charge on any atom is -0.481 e. The first-order valence-corrected chi connectivity index (χ1v) is 6.56. The van der Waals surface area contributed by atoms with Gasteiger partial charge in [-0.25, -0.2) is 4.98 Å². The number of hydrogen-bond acceptors (Lipinski definition) is 3. The SMILES string of the molecule is COc1ncccc1C(N)Cc1ccc(Cl)c(Cl)c1. The number of hydrogen-bond donors (Lipinski definition) is 1. The van der Waals surface area contributed by atoms with Crippen LogP contribution in [0.1, 0.15) is 17.2 Å². The molecule has 0 aliphatic rings. The van der Waals surface area contributed by atoms with Gasteiger partial charge in [0.1, 0.15) is 0 Å². The van der Waals surface area contributed by atoms with E-state index >= 15 is 0 Å². The number of halogens is 2. The van der Waals surface area contributed by atoms with E-state index in [1.165, 1.54) is 0 Å². The molecule has 1 heterocycles. The van der Waals surface area contributed by atoms with Gasteiger partial charge in [0.05, 0.1) is 17.2 Å². The first kappa shape index (κ1) is 14.1. The maximum absolute atomic E-state index is 6.20. The number of pyridine rings is 1. The van der Waals surface area contributed by atoms with Crippen molar-refractivity contribution in [1.29, 1.82) is 0 Å². The molecule has 1 atom stereocenters. The van der Waals surface area contributed by atoms with E-state index in [0.717, 1.165) is 11.1 Å². The standard InChI is InChI=1S/C14H14Cl2N2O/c1-19-14-10(3-2-6-18-14)13(17)8-9-4-5-11(15)12(16)7-9/h2-7,13H,8,17H2,1H3. The molecule has 0 fully saturated rings. The monoisotopic (exact) mass is 296 g/mol. The number of aromatic nitrogens is 1. The molecule has 0 saturated carbocycles. The van der Waals surface area contributed by atoms with Crippen LogP contribution in [0.15, 0.2) is 36.5 Å². The highest BCUT2D eigenvalue weighted by molar-refractivity contribution is 6.42. The summed E-state index contributed by atoms with van der Waals surface area (Å²) in [5.41, 5.74) is 8.09. The molecule has 19 heavy (non-hydrogen) atoms. The largest absolute Gasteiger partial charge is 0.481 e. The fourth-order valence-electron chi connectivity index (χ4n) is 1.89. The number of ether oxygens (including phenoxy) is 1. The second-order valence-electron chi connectivity index (χ2n) is 4.16. The van der Waals surface area contributed by atoms with Gasteiger partial charge in [-0.3, -0.25) is 0 Å². The Balaban J connectivity index is 2.20. The molecule has 2 rings (SSSR count). The number of rotatable bonds is 4. The minimum absolute atomic E-state index is 0.208. The van der Waals surface area contributed by atoms with Gasteiger partial charge in [-0.15, -0.1) is 0 Å². The number of nitrogens with zero attached hydrogens (tertiary/aromatic N) is 1. The predicted molar refractivity (Wildman–Crippen MR) is 77.9 cm³/mol. The van der Waals surface area contributed by atoms with Crippen molar-refractivity contribution in [3.8, 4) is 5.88 Å². The van der Waals surface area contributed by atoms with Crippen molar-refractivity contribution >= 4 is 23.2 Å². The average molecular weight is 297 g/mol. The second-order valence-corrected chi connectivity index (χ2v) is 4.98. The van der Waals surface area contributed by atoms with Gasteiger partial charge in [0.15, 0.2) is 0 Å².